The van der Waals surface area contributed by atoms with Crippen LogP contribution in [0.1, 0.15) is 290 Å². The van der Waals surface area contributed by atoms with E-state index in [1.165, 1.54) is 167 Å². The Kier molecular flexibility index (Phi) is 62.3. The third-order valence-electron chi connectivity index (χ3n) is 13.7. The Morgan fingerprint density at radius 3 is 0.873 bits per heavy atom. The first-order valence-corrected chi connectivity index (χ1v) is 32.7. The van der Waals surface area contributed by atoms with Crippen LogP contribution in [0.25, 0.3) is 0 Å². The highest BCUT2D eigenvalue weighted by Gasteiger charge is 2.19. The molecule has 0 bridgehead atoms. The number of carbonyl (C=O) groups is 3. The van der Waals surface area contributed by atoms with Crippen molar-refractivity contribution < 1.29 is 28.6 Å². The van der Waals surface area contributed by atoms with Gasteiger partial charge in [0.05, 0.1) is 12.8 Å². The van der Waals surface area contributed by atoms with E-state index in [1.54, 1.807) is 12.2 Å². The number of unbranched alkanes of at least 4 members (excludes halogenated alkanes) is 27. The van der Waals surface area contributed by atoms with Gasteiger partial charge in [0.15, 0.2) is 6.10 Å². The van der Waals surface area contributed by atoms with Crippen LogP contribution in [0.2, 0.25) is 0 Å². The van der Waals surface area contributed by atoms with Crippen LogP contribution in [-0.2, 0) is 28.6 Å². The van der Waals surface area contributed by atoms with Crippen LogP contribution in [-0.4, -0.2) is 37.2 Å². The number of allylic oxidation sites excluding steroid dienone is 20. The molecule has 0 aliphatic carbocycles. The van der Waals surface area contributed by atoms with Crippen molar-refractivity contribution in [2.24, 2.45) is 0 Å². The third kappa shape index (κ3) is 64.3. The molecule has 0 rings (SSSR count). The van der Waals surface area contributed by atoms with Crippen molar-refractivity contribution in [1.82, 2.24) is 0 Å². The lowest BCUT2D eigenvalue weighted by atomic mass is 10.0. The highest BCUT2D eigenvalue weighted by Crippen LogP contribution is 2.16. The molecular weight excluding hydrogens is 973 g/mol. The smallest absolute Gasteiger partial charge is 0.310 e. The van der Waals surface area contributed by atoms with Crippen molar-refractivity contribution in [3.63, 3.8) is 0 Å². The molecule has 0 aliphatic heterocycles. The highest BCUT2D eigenvalue weighted by atomic mass is 16.6. The van der Waals surface area contributed by atoms with Crippen LogP contribution in [0.3, 0.4) is 0 Å². The molecule has 0 amide bonds. The fourth-order valence-corrected chi connectivity index (χ4v) is 8.88. The van der Waals surface area contributed by atoms with Crippen molar-refractivity contribution in [3.8, 4) is 0 Å². The fourth-order valence-electron chi connectivity index (χ4n) is 8.88. The molecule has 0 aromatic rings. The highest BCUT2D eigenvalue weighted by molar-refractivity contribution is 5.72. The fraction of sp³-hybridized carbons (Fsp3) is 0.658. The molecule has 6 heteroatoms. The van der Waals surface area contributed by atoms with E-state index in [0.29, 0.717) is 12.8 Å². The van der Waals surface area contributed by atoms with Gasteiger partial charge < -0.3 is 14.2 Å². The molecule has 0 radical (unpaired) electrons. The van der Waals surface area contributed by atoms with Gasteiger partial charge >= 0.3 is 17.9 Å². The number of rotatable bonds is 58. The van der Waals surface area contributed by atoms with Gasteiger partial charge in [-0.3, -0.25) is 14.4 Å². The molecule has 1 unspecified atom stereocenters. The first-order valence-electron chi connectivity index (χ1n) is 32.7. The van der Waals surface area contributed by atoms with Gasteiger partial charge in [0.25, 0.3) is 0 Å². The number of hydrogen-bond acceptors (Lipinski definition) is 6. The zero-order valence-corrected chi connectivity index (χ0v) is 51.3. The maximum Gasteiger partial charge on any atom is 0.310 e. The monoisotopic (exact) mass is 1090 g/mol. The van der Waals surface area contributed by atoms with Gasteiger partial charge in [-0.2, -0.15) is 0 Å². The van der Waals surface area contributed by atoms with Crippen LogP contribution in [0, 0.1) is 0 Å². The van der Waals surface area contributed by atoms with Crippen molar-refractivity contribution >= 4 is 17.9 Å². The van der Waals surface area contributed by atoms with E-state index in [-0.39, 0.29) is 32.0 Å². The number of esters is 3. The van der Waals surface area contributed by atoms with Crippen molar-refractivity contribution in [3.05, 3.63) is 134 Å². The van der Waals surface area contributed by atoms with Crippen molar-refractivity contribution in [2.75, 3.05) is 13.2 Å². The van der Waals surface area contributed by atoms with Gasteiger partial charge in [-0.05, 0) is 96.3 Å². The first kappa shape index (κ1) is 74.5. The molecule has 0 aromatic carbocycles. The Labute approximate surface area is 487 Å². The first-order chi connectivity index (χ1) is 39.0. The van der Waals surface area contributed by atoms with Crippen molar-refractivity contribution in [2.45, 2.75) is 297 Å². The summed E-state index contributed by atoms with van der Waals surface area (Å²) < 4.78 is 16.7. The number of hydrogen-bond donors (Lipinski definition) is 0. The molecule has 0 saturated carbocycles. The second-order valence-electron chi connectivity index (χ2n) is 21.3. The molecule has 79 heavy (non-hydrogen) atoms. The molecule has 0 saturated heterocycles. The van der Waals surface area contributed by atoms with Crippen LogP contribution in [0.15, 0.2) is 134 Å². The van der Waals surface area contributed by atoms with Crippen molar-refractivity contribution in [1.29, 1.82) is 0 Å². The van der Waals surface area contributed by atoms with Gasteiger partial charge in [0.2, 0.25) is 0 Å². The Balaban J connectivity index is 4.31. The zero-order valence-electron chi connectivity index (χ0n) is 51.3. The van der Waals surface area contributed by atoms with Gasteiger partial charge in [-0.25, -0.2) is 0 Å². The van der Waals surface area contributed by atoms with Gasteiger partial charge in [-0.15, -0.1) is 0 Å². The molecule has 1 atom stereocenters. The second-order valence-corrected chi connectivity index (χ2v) is 21.3. The maximum atomic E-state index is 12.8. The van der Waals surface area contributed by atoms with E-state index < -0.39 is 18.0 Å². The Morgan fingerprint density at radius 2 is 0.544 bits per heavy atom. The lowest BCUT2D eigenvalue weighted by molar-refractivity contribution is -0.166. The standard InChI is InChI=1S/C73H120O6/c1-4-7-10-13-16-19-22-25-28-29-30-31-32-33-34-35-36-37-38-39-40-41-42-43-46-48-51-54-57-60-63-66-72(75)78-69-70(79-73(76)67-64-61-58-55-52-49-45-27-24-21-18-15-12-9-6-3)68-77-71(74)65-62-59-56-53-50-47-44-26-23-20-17-14-11-8-5-2/h8-9,11-12,17-18,20-21,26-27,29-30,44-45,50,52-53,55,59,61-62,64,70H,4-7,10,13-16,19,22-25,28,31-43,46-49,51,54,56-58,60,63,65-69H2,1-3H3/b11-8-,12-9-,20-17-,21-18-,30-29-,44-26-,45-27-,53-50-,55-52-,62-59-,64-61-. The average Bonchev–Trinajstić information content (AvgIpc) is 3.45. The summed E-state index contributed by atoms with van der Waals surface area (Å²) in [6, 6.07) is 0. The minimum Gasteiger partial charge on any atom is -0.462 e. The molecule has 0 N–H and O–H groups in total. The molecule has 0 fully saturated rings. The van der Waals surface area contributed by atoms with E-state index in [1.807, 2.05) is 12.2 Å². The van der Waals surface area contributed by atoms with Gasteiger partial charge in [0.1, 0.15) is 13.2 Å². The molecule has 0 aromatic heterocycles. The Hall–Kier alpha value is -4.45. The number of ether oxygens (including phenoxy) is 3. The summed E-state index contributed by atoms with van der Waals surface area (Å²) in [7, 11) is 0. The minimum absolute atomic E-state index is 0.0739. The summed E-state index contributed by atoms with van der Waals surface area (Å²) in [5.74, 6) is -1.21. The number of carbonyl (C=O) groups excluding carboxylic acids is 3. The third-order valence-corrected chi connectivity index (χ3v) is 13.7. The predicted octanol–water partition coefficient (Wildman–Crippen LogP) is 22.5. The van der Waals surface area contributed by atoms with Crippen LogP contribution in [0.5, 0.6) is 0 Å². The molecule has 448 valence electrons. The van der Waals surface area contributed by atoms with E-state index in [4.69, 9.17) is 14.2 Å². The predicted molar refractivity (Wildman–Crippen MR) is 343 cm³/mol. The van der Waals surface area contributed by atoms with Crippen LogP contribution >= 0.6 is 0 Å². The topological polar surface area (TPSA) is 78.9 Å². The summed E-state index contributed by atoms with van der Waals surface area (Å²) in [6.45, 7) is 6.25. The Morgan fingerprint density at radius 1 is 0.278 bits per heavy atom. The summed E-state index contributed by atoms with van der Waals surface area (Å²) in [4.78, 5) is 38.1. The summed E-state index contributed by atoms with van der Waals surface area (Å²) in [5.41, 5.74) is 0. The minimum atomic E-state index is -0.877. The van der Waals surface area contributed by atoms with E-state index in [2.05, 4.69) is 130 Å². The van der Waals surface area contributed by atoms with Crippen LogP contribution < -0.4 is 0 Å². The van der Waals surface area contributed by atoms with Gasteiger partial charge in [0, 0.05) is 6.42 Å². The molecular formula is C73H120O6. The van der Waals surface area contributed by atoms with E-state index in [9.17, 15) is 14.4 Å². The van der Waals surface area contributed by atoms with Gasteiger partial charge in [-0.1, -0.05) is 309 Å². The summed E-state index contributed by atoms with van der Waals surface area (Å²) in [6.07, 6.45) is 94.0. The summed E-state index contributed by atoms with van der Waals surface area (Å²) in [5, 5.41) is 0. The lowest BCUT2D eigenvalue weighted by Crippen LogP contribution is -2.30. The molecule has 6 nitrogen and oxygen atoms in total. The SMILES string of the molecule is CC/C=C\C/C=C\C/C=C\C/C=C\C/C=C\CC(=O)OCC(COC(=O)CCCCCCCCCCCCCCCCCCCCC/C=C\CCCCCCCCCC)OC(=O)C/C=C\C/C=C\C/C=C\C/C=C\C/C=C\CC. The molecule has 0 heterocycles. The second kappa shape index (κ2) is 66.1. The largest absolute Gasteiger partial charge is 0.462 e. The summed E-state index contributed by atoms with van der Waals surface area (Å²) >= 11 is 0. The van der Waals surface area contributed by atoms with E-state index >= 15 is 0 Å². The molecule has 0 aliphatic rings. The normalized spacial score (nSPS) is 13.0. The molecule has 0 spiro atoms. The van der Waals surface area contributed by atoms with Crippen LogP contribution in [0.4, 0.5) is 0 Å². The maximum absolute atomic E-state index is 12.8. The Bertz CT molecular complexity index is 1680. The quantitative estimate of drug-likeness (QED) is 0.0261. The average molecular weight is 1090 g/mol. The van der Waals surface area contributed by atoms with E-state index in [0.717, 1.165) is 77.0 Å². The lowest BCUT2D eigenvalue weighted by Gasteiger charge is -2.17. The zero-order chi connectivity index (χ0) is 57.1.